The fourth-order valence-corrected chi connectivity index (χ4v) is 2.29. The highest BCUT2D eigenvalue weighted by Gasteiger charge is 2.22. The lowest BCUT2D eigenvalue weighted by molar-refractivity contribution is 0.349. The molecule has 0 saturated carbocycles. The Balaban J connectivity index is 3.59. The van der Waals surface area contributed by atoms with Crippen LogP contribution in [0.15, 0.2) is 6.07 Å². The molecule has 0 aromatic heterocycles. The molecule has 0 aliphatic rings. The van der Waals surface area contributed by atoms with E-state index in [1.807, 2.05) is 13.0 Å². The first kappa shape index (κ1) is 14.1. The van der Waals surface area contributed by atoms with Gasteiger partial charge in [-0.05, 0) is 24.5 Å². The number of hydrogen-bond donors (Lipinski definition) is 1. The second-order valence-electron chi connectivity index (χ2n) is 4.37. The Morgan fingerprint density at radius 2 is 1.65 bits per heavy atom. The highest BCUT2D eigenvalue weighted by atomic mass is 35.5. The third kappa shape index (κ3) is 2.67. The quantitative estimate of drug-likeness (QED) is 0.898. The molecule has 3 nitrogen and oxygen atoms in total. The van der Waals surface area contributed by atoms with E-state index in [1.165, 1.54) is 0 Å². The molecule has 0 aliphatic carbocycles. The lowest BCUT2D eigenvalue weighted by Gasteiger charge is -2.22. The van der Waals surface area contributed by atoms with E-state index >= 15 is 0 Å². The average molecular weight is 258 g/mol. The van der Waals surface area contributed by atoms with Crippen LogP contribution in [0.4, 0.5) is 0 Å². The maximum atomic E-state index is 6.17. The predicted molar refractivity (Wildman–Crippen MR) is 71.2 cm³/mol. The van der Waals surface area contributed by atoms with Gasteiger partial charge in [0.15, 0.2) is 11.5 Å². The van der Waals surface area contributed by atoms with Crippen LogP contribution in [-0.2, 0) is 0 Å². The van der Waals surface area contributed by atoms with Crippen molar-refractivity contribution in [1.29, 1.82) is 0 Å². The number of ether oxygens (including phenoxy) is 2. The van der Waals surface area contributed by atoms with Gasteiger partial charge in [-0.3, -0.25) is 0 Å². The molecule has 4 heteroatoms. The molecule has 0 spiro atoms. The van der Waals surface area contributed by atoms with Gasteiger partial charge < -0.3 is 15.2 Å². The van der Waals surface area contributed by atoms with Gasteiger partial charge in [-0.15, -0.1) is 0 Å². The molecular formula is C13H20ClNO2. The minimum atomic E-state index is -0.0929. The van der Waals surface area contributed by atoms with Crippen LogP contribution in [0, 0.1) is 0 Å². The summed E-state index contributed by atoms with van der Waals surface area (Å²) in [6.45, 7) is 6.12. The smallest absolute Gasteiger partial charge is 0.179 e. The molecule has 1 unspecified atom stereocenters. The molecule has 0 saturated heterocycles. The zero-order chi connectivity index (χ0) is 13.2. The molecule has 0 radical (unpaired) electrons. The molecule has 0 aliphatic heterocycles. The van der Waals surface area contributed by atoms with Crippen molar-refractivity contribution in [2.75, 3.05) is 14.2 Å². The van der Waals surface area contributed by atoms with E-state index in [0.717, 1.165) is 11.1 Å². The van der Waals surface area contributed by atoms with Crippen molar-refractivity contribution in [3.63, 3.8) is 0 Å². The Morgan fingerprint density at radius 3 is 2.00 bits per heavy atom. The molecular weight excluding hydrogens is 238 g/mol. The summed E-state index contributed by atoms with van der Waals surface area (Å²) in [6, 6.07) is 1.77. The van der Waals surface area contributed by atoms with Crippen LogP contribution in [0.1, 0.15) is 43.9 Å². The van der Waals surface area contributed by atoms with Crippen molar-refractivity contribution in [1.82, 2.24) is 0 Å². The van der Waals surface area contributed by atoms with Crippen LogP contribution in [0.25, 0.3) is 0 Å². The monoisotopic (exact) mass is 257 g/mol. The molecule has 96 valence electrons. The molecule has 0 bridgehead atoms. The Labute approximate surface area is 108 Å². The van der Waals surface area contributed by atoms with Crippen molar-refractivity contribution in [2.45, 2.75) is 32.7 Å². The first-order chi connectivity index (χ1) is 7.93. The number of rotatable bonds is 4. The van der Waals surface area contributed by atoms with Gasteiger partial charge in [0.2, 0.25) is 0 Å². The van der Waals surface area contributed by atoms with Gasteiger partial charge in [0.05, 0.1) is 19.2 Å². The van der Waals surface area contributed by atoms with Gasteiger partial charge in [-0.1, -0.05) is 25.4 Å². The molecule has 1 aromatic rings. The van der Waals surface area contributed by atoms with Crippen LogP contribution in [0.5, 0.6) is 11.5 Å². The number of halogens is 1. The third-order valence-electron chi connectivity index (χ3n) is 2.74. The second-order valence-corrected chi connectivity index (χ2v) is 4.78. The fraction of sp³-hybridized carbons (Fsp3) is 0.538. The van der Waals surface area contributed by atoms with Crippen molar-refractivity contribution in [3.8, 4) is 11.5 Å². The summed E-state index contributed by atoms with van der Waals surface area (Å²) in [6.07, 6.45) is 0. The number of hydrogen-bond acceptors (Lipinski definition) is 3. The van der Waals surface area contributed by atoms with Crippen molar-refractivity contribution < 1.29 is 9.47 Å². The summed E-state index contributed by atoms with van der Waals surface area (Å²) in [5, 5.41) is 0.529. The lowest BCUT2D eigenvalue weighted by atomic mass is 9.92. The van der Waals surface area contributed by atoms with Gasteiger partial charge in [-0.25, -0.2) is 0 Å². The summed E-state index contributed by atoms with van der Waals surface area (Å²) in [4.78, 5) is 0. The first-order valence-corrected chi connectivity index (χ1v) is 6.01. The van der Waals surface area contributed by atoms with Crippen molar-refractivity contribution in [2.24, 2.45) is 5.73 Å². The van der Waals surface area contributed by atoms with Crippen LogP contribution in [0.3, 0.4) is 0 Å². The number of benzene rings is 1. The van der Waals surface area contributed by atoms with Gasteiger partial charge in [0.1, 0.15) is 0 Å². The van der Waals surface area contributed by atoms with Gasteiger partial charge >= 0.3 is 0 Å². The Kier molecular flexibility index (Phi) is 4.66. The van der Waals surface area contributed by atoms with Gasteiger partial charge in [0.25, 0.3) is 0 Å². The maximum absolute atomic E-state index is 6.17. The standard InChI is InChI=1S/C13H20ClNO2/c1-7(2)11-9(8(3)15)6-10(14)12(16-4)13(11)17-5/h6-8H,15H2,1-5H3. The Morgan fingerprint density at radius 1 is 1.12 bits per heavy atom. The average Bonchev–Trinajstić information content (AvgIpc) is 2.26. The molecule has 1 aromatic carbocycles. The van der Waals surface area contributed by atoms with Gasteiger partial charge in [-0.2, -0.15) is 0 Å². The molecule has 0 fully saturated rings. The minimum absolute atomic E-state index is 0.0929. The topological polar surface area (TPSA) is 44.5 Å². The summed E-state index contributed by atoms with van der Waals surface area (Å²) < 4.78 is 10.7. The summed E-state index contributed by atoms with van der Waals surface area (Å²) in [5.74, 6) is 1.54. The normalized spacial score (nSPS) is 12.7. The first-order valence-electron chi connectivity index (χ1n) is 5.63. The lowest BCUT2D eigenvalue weighted by Crippen LogP contribution is -2.11. The van der Waals surface area contributed by atoms with Crippen LogP contribution in [-0.4, -0.2) is 14.2 Å². The van der Waals surface area contributed by atoms with E-state index in [0.29, 0.717) is 16.5 Å². The number of nitrogens with two attached hydrogens (primary N) is 1. The Bertz CT molecular complexity index is 403. The number of methoxy groups -OCH3 is 2. The molecule has 0 heterocycles. The highest BCUT2D eigenvalue weighted by Crippen LogP contribution is 2.44. The molecule has 1 rings (SSSR count). The minimum Gasteiger partial charge on any atom is -0.492 e. The van der Waals surface area contributed by atoms with E-state index < -0.39 is 0 Å². The van der Waals surface area contributed by atoms with E-state index in [-0.39, 0.29) is 12.0 Å². The van der Waals surface area contributed by atoms with Gasteiger partial charge in [0, 0.05) is 11.6 Å². The largest absolute Gasteiger partial charge is 0.492 e. The van der Waals surface area contributed by atoms with E-state index in [1.54, 1.807) is 14.2 Å². The molecule has 1 atom stereocenters. The SMILES string of the molecule is COc1c(Cl)cc(C(C)N)c(C(C)C)c1OC. The van der Waals surface area contributed by atoms with Crippen LogP contribution >= 0.6 is 11.6 Å². The zero-order valence-electron chi connectivity index (χ0n) is 11.0. The Hall–Kier alpha value is -0.930. The summed E-state index contributed by atoms with van der Waals surface area (Å²) in [7, 11) is 3.20. The van der Waals surface area contributed by atoms with E-state index in [4.69, 9.17) is 26.8 Å². The predicted octanol–water partition coefficient (Wildman–Crippen LogP) is 3.50. The second kappa shape index (κ2) is 5.61. The van der Waals surface area contributed by atoms with E-state index in [2.05, 4.69) is 13.8 Å². The summed E-state index contributed by atoms with van der Waals surface area (Å²) >= 11 is 6.17. The fourth-order valence-electron chi connectivity index (χ4n) is 2.01. The van der Waals surface area contributed by atoms with Crippen molar-refractivity contribution >= 4 is 11.6 Å². The maximum Gasteiger partial charge on any atom is 0.179 e. The van der Waals surface area contributed by atoms with Crippen LogP contribution < -0.4 is 15.2 Å². The highest BCUT2D eigenvalue weighted by molar-refractivity contribution is 6.32. The van der Waals surface area contributed by atoms with Crippen molar-refractivity contribution in [3.05, 3.63) is 22.2 Å². The third-order valence-corrected chi connectivity index (χ3v) is 3.02. The molecule has 17 heavy (non-hydrogen) atoms. The van der Waals surface area contributed by atoms with Crippen LogP contribution in [0.2, 0.25) is 5.02 Å². The molecule has 0 amide bonds. The zero-order valence-corrected chi connectivity index (χ0v) is 11.8. The van der Waals surface area contributed by atoms with E-state index in [9.17, 15) is 0 Å². The summed E-state index contributed by atoms with van der Waals surface area (Å²) in [5.41, 5.74) is 8.04. The molecule has 2 N–H and O–H groups in total.